The van der Waals surface area contributed by atoms with Crippen molar-refractivity contribution in [1.29, 1.82) is 0 Å². The highest BCUT2D eigenvalue weighted by Gasteiger charge is 2.36. The maximum absolute atomic E-state index is 12.4. The van der Waals surface area contributed by atoms with Crippen molar-refractivity contribution >= 4 is 15.7 Å². The number of amides is 1. The zero-order chi connectivity index (χ0) is 14.9. The summed E-state index contributed by atoms with van der Waals surface area (Å²) in [4.78, 5) is 14.3. The highest BCUT2D eigenvalue weighted by Crippen LogP contribution is 2.29. The molecule has 2 heterocycles. The number of benzene rings is 1. The minimum Gasteiger partial charge on any atom is -0.342 e. The van der Waals surface area contributed by atoms with Crippen LogP contribution in [0.5, 0.6) is 0 Å². The van der Waals surface area contributed by atoms with Gasteiger partial charge in [-0.1, -0.05) is 30.3 Å². The monoisotopic (exact) mass is 307 g/mol. The van der Waals surface area contributed by atoms with E-state index in [1.54, 1.807) is 0 Å². The van der Waals surface area contributed by atoms with Gasteiger partial charge in [0.05, 0.1) is 17.4 Å². The lowest BCUT2D eigenvalue weighted by Crippen LogP contribution is -2.41. The van der Waals surface area contributed by atoms with Crippen molar-refractivity contribution < 1.29 is 13.2 Å². The summed E-state index contributed by atoms with van der Waals surface area (Å²) in [5.41, 5.74) is 1.34. The van der Waals surface area contributed by atoms with Crippen LogP contribution >= 0.6 is 0 Å². The second-order valence-corrected chi connectivity index (χ2v) is 8.34. The van der Waals surface area contributed by atoms with Crippen LogP contribution < -0.4 is 0 Å². The number of hydrogen-bond donors (Lipinski definition) is 0. The normalized spacial score (nSPS) is 25.9. The highest BCUT2D eigenvalue weighted by molar-refractivity contribution is 7.91. The Morgan fingerprint density at radius 1 is 1.05 bits per heavy atom. The molecular weight excluding hydrogens is 286 g/mol. The number of carbonyl (C=O) groups excluding carboxylic acids is 1. The Labute approximate surface area is 126 Å². The Balaban J connectivity index is 1.57. The molecule has 0 aromatic heterocycles. The maximum Gasteiger partial charge on any atom is 0.226 e. The molecule has 1 atom stereocenters. The molecule has 0 radical (unpaired) electrons. The number of rotatable bonds is 2. The van der Waals surface area contributed by atoms with Gasteiger partial charge in [0.2, 0.25) is 5.91 Å². The third kappa shape index (κ3) is 3.28. The van der Waals surface area contributed by atoms with E-state index < -0.39 is 9.84 Å². The SMILES string of the molecule is O=C([C@H]1CCS(=O)(=O)C1)N1CCC(c2ccccc2)CC1. The maximum atomic E-state index is 12.4. The zero-order valence-electron chi connectivity index (χ0n) is 12.1. The molecule has 0 unspecified atom stereocenters. The Kier molecular flexibility index (Phi) is 4.02. The molecule has 2 aliphatic rings. The van der Waals surface area contributed by atoms with Crippen molar-refractivity contribution in [3.05, 3.63) is 35.9 Å². The van der Waals surface area contributed by atoms with Crippen LogP contribution in [0.25, 0.3) is 0 Å². The molecule has 0 bridgehead atoms. The van der Waals surface area contributed by atoms with Gasteiger partial charge in [-0.25, -0.2) is 8.42 Å². The topological polar surface area (TPSA) is 54.5 Å². The molecule has 5 heteroatoms. The van der Waals surface area contributed by atoms with E-state index in [1.165, 1.54) is 5.56 Å². The van der Waals surface area contributed by atoms with Crippen molar-refractivity contribution in [3.63, 3.8) is 0 Å². The predicted molar refractivity (Wildman–Crippen MR) is 81.8 cm³/mol. The summed E-state index contributed by atoms with van der Waals surface area (Å²) in [5.74, 6) is 0.474. The molecule has 3 rings (SSSR count). The van der Waals surface area contributed by atoms with Gasteiger partial charge in [-0.05, 0) is 30.7 Å². The molecule has 4 nitrogen and oxygen atoms in total. The molecule has 2 fully saturated rings. The lowest BCUT2D eigenvalue weighted by atomic mass is 9.89. The van der Waals surface area contributed by atoms with Gasteiger partial charge in [0.15, 0.2) is 9.84 Å². The third-order valence-electron chi connectivity index (χ3n) is 4.66. The van der Waals surface area contributed by atoms with E-state index in [0.717, 1.165) is 25.9 Å². The second kappa shape index (κ2) is 5.79. The summed E-state index contributed by atoms with van der Waals surface area (Å²) >= 11 is 0. The quantitative estimate of drug-likeness (QED) is 0.837. The van der Waals surface area contributed by atoms with Crippen molar-refractivity contribution in [3.8, 4) is 0 Å². The summed E-state index contributed by atoms with van der Waals surface area (Å²) in [5, 5.41) is 0. The smallest absolute Gasteiger partial charge is 0.226 e. The van der Waals surface area contributed by atoms with Crippen molar-refractivity contribution in [2.45, 2.75) is 25.2 Å². The number of likely N-dealkylation sites (tertiary alicyclic amines) is 1. The minimum absolute atomic E-state index is 0.0441. The van der Waals surface area contributed by atoms with E-state index in [-0.39, 0.29) is 23.3 Å². The Bertz CT molecular complexity index is 604. The van der Waals surface area contributed by atoms with E-state index in [2.05, 4.69) is 24.3 Å². The fraction of sp³-hybridized carbons (Fsp3) is 0.562. The van der Waals surface area contributed by atoms with Crippen LogP contribution in [0.1, 0.15) is 30.7 Å². The molecule has 0 spiro atoms. The molecule has 2 aliphatic heterocycles. The van der Waals surface area contributed by atoms with E-state index in [9.17, 15) is 13.2 Å². The summed E-state index contributed by atoms with van der Waals surface area (Å²) in [6.45, 7) is 1.49. The first-order valence-electron chi connectivity index (χ1n) is 7.59. The van der Waals surface area contributed by atoms with Gasteiger partial charge in [0.1, 0.15) is 0 Å². The van der Waals surface area contributed by atoms with Crippen molar-refractivity contribution in [2.24, 2.45) is 5.92 Å². The molecule has 1 aromatic carbocycles. The molecule has 114 valence electrons. The van der Waals surface area contributed by atoms with Gasteiger partial charge in [0.25, 0.3) is 0 Å². The van der Waals surface area contributed by atoms with E-state index >= 15 is 0 Å². The van der Waals surface area contributed by atoms with E-state index in [1.807, 2.05) is 11.0 Å². The lowest BCUT2D eigenvalue weighted by molar-refractivity contribution is -0.135. The highest BCUT2D eigenvalue weighted by atomic mass is 32.2. The molecule has 0 saturated carbocycles. The number of carbonyl (C=O) groups is 1. The fourth-order valence-corrected chi connectivity index (χ4v) is 5.14. The summed E-state index contributed by atoms with van der Waals surface area (Å²) < 4.78 is 23.0. The van der Waals surface area contributed by atoms with Gasteiger partial charge in [-0.15, -0.1) is 0 Å². The van der Waals surface area contributed by atoms with Crippen LogP contribution in [0.4, 0.5) is 0 Å². The van der Waals surface area contributed by atoms with Crippen LogP contribution in [-0.4, -0.2) is 43.8 Å². The van der Waals surface area contributed by atoms with Crippen LogP contribution in [-0.2, 0) is 14.6 Å². The first kappa shape index (κ1) is 14.6. The molecule has 2 saturated heterocycles. The predicted octanol–water partition coefficient (Wildman–Crippen LogP) is 1.83. The first-order chi connectivity index (χ1) is 10.1. The fourth-order valence-electron chi connectivity index (χ4n) is 3.41. The van der Waals surface area contributed by atoms with Gasteiger partial charge >= 0.3 is 0 Å². The Morgan fingerprint density at radius 3 is 2.29 bits per heavy atom. The van der Waals surface area contributed by atoms with Crippen molar-refractivity contribution in [2.75, 3.05) is 24.6 Å². The Morgan fingerprint density at radius 2 is 1.71 bits per heavy atom. The minimum atomic E-state index is -2.98. The average Bonchev–Trinajstić information content (AvgIpc) is 2.88. The van der Waals surface area contributed by atoms with Crippen LogP contribution in [0, 0.1) is 5.92 Å². The van der Waals surface area contributed by atoms with Gasteiger partial charge in [-0.2, -0.15) is 0 Å². The molecule has 0 aliphatic carbocycles. The van der Waals surface area contributed by atoms with Gasteiger partial charge < -0.3 is 4.90 Å². The lowest BCUT2D eigenvalue weighted by Gasteiger charge is -2.33. The zero-order valence-corrected chi connectivity index (χ0v) is 12.9. The van der Waals surface area contributed by atoms with Crippen LogP contribution in [0.2, 0.25) is 0 Å². The first-order valence-corrected chi connectivity index (χ1v) is 9.41. The number of piperidine rings is 1. The van der Waals surface area contributed by atoms with Gasteiger partial charge in [-0.3, -0.25) is 4.79 Å². The number of nitrogens with zero attached hydrogens (tertiary/aromatic N) is 1. The molecule has 21 heavy (non-hydrogen) atoms. The van der Waals surface area contributed by atoms with E-state index in [4.69, 9.17) is 0 Å². The molecule has 0 N–H and O–H groups in total. The van der Waals surface area contributed by atoms with Crippen molar-refractivity contribution in [1.82, 2.24) is 4.90 Å². The summed E-state index contributed by atoms with van der Waals surface area (Å²) in [7, 11) is -2.98. The molecular formula is C16H21NO3S. The largest absolute Gasteiger partial charge is 0.342 e. The van der Waals surface area contributed by atoms with E-state index in [0.29, 0.717) is 12.3 Å². The Hall–Kier alpha value is -1.36. The summed E-state index contributed by atoms with van der Waals surface area (Å²) in [6, 6.07) is 10.4. The summed E-state index contributed by atoms with van der Waals surface area (Å²) in [6.07, 6.45) is 2.43. The number of hydrogen-bond acceptors (Lipinski definition) is 3. The molecule has 1 amide bonds. The van der Waals surface area contributed by atoms with Gasteiger partial charge in [0, 0.05) is 13.1 Å². The third-order valence-corrected chi connectivity index (χ3v) is 6.43. The molecule has 1 aromatic rings. The average molecular weight is 307 g/mol. The van der Waals surface area contributed by atoms with Crippen LogP contribution in [0.3, 0.4) is 0 Å². The second-order valence-electron chi connectivity index (χ2n) is 6.11. The standard InChI is InChI=1S/C16H21NO3S/c18-16(15-8-11-21(19,20)12-15)17-9-6-14(7-10-17)13-4-2-1-3-5-13/h1-5,14-15H,6-12H2/t15-/m0/s1. The number of sulfone groups is 1. The van der Waals surface area contributed by atoms with Crippen LogP contribution in [0.15, 0.2) is 30.3 Å².